The molecular formula is C16H21FN2O3S. The van der Waals surface area contributed by atoms with Crippen LogP contribution in [-0.2, 0) is 14.8 Å². The smallest absolute Gasteiger partial charge is 0.245 e. The number of benzene rings is 1. The second kappa shape index (κ2) is 6.20. The fraction of sp³-hybridized carbons (Fsp3) is 0.562. The van der Waals surface area contributed by atoms with Crippen LogP contribution in [0.2, 0.25) is 0 Å². The van der Waals surface area contributed by atoms with Crippen LogP contribution in [0.4, 0.5) is 4.39 Å². The van der Waals surface area contributed by atoms with Gasteiger partial charge in [0.05, 0.1) is 0 Å². The summed E-state index contributed by atoms with van der Waals surface area (Å²) in [6.07, 6.45) is 3.62. The Bertz CT molecular complexity index is 697. The number of nitrogens with zero attached hydrogens (tertiary/aromatic N) is 1. The Morgan fingerprint density at radius 2 is 1.78 bits per heavy atom. The van der Waals surface area contributed by atoms with E-state index < -0.39 is 15.8 Å². The Hall–Kier alpha value is -1.47. The molecule has 3 rings (SSSR count). The normalized spacial score (nSPS) is 22.6. The molecule has 126 valence electrons. The van der Waals surface area contributed by atoms with Crippen LogP contribution in [0.1, 0.15) is 32.1 Å². The Balaban J connectivity index is 1.74. The first kappa shape index (κ1) is 16.4. The van der Waals surface area contributed by atoms with Gasteiger partial charge in [-0.05, 0) is 43.2 Å². The lowest BCUT2D eigenvalue weighted by Crippen LogP contribution is -2.43. The van der Waals surface area contributed by atoms with E-state index in [4.69, 9.17) is 0 Å². The van der Waals surface area contributed by atoms with E-state index in [1.165, 1.54) is 28.6 Å². The van der Waals surface area contributed by atoms with E-state index in [1.807, 2.05) is 0 Å². The van der Waals surface area contributed by atoms with Gasteiger partial charge in [-0.25, -0.2) is 12.8 Å². The molecule has 1 aromatic carbocycles. The number of hydrogen-bond donors (Lipinski definition) is 1. The first-order valence-corrected chi connectivity index (χ1v) is 9.38. The zero-order valence-electron chi connectivity index (χ0n) is 12.9. The predicted octanol–water partition coefficient (Wildman–Crippen LogP) is 1.90. The van der Waals surface area contributed by atoms with E-state index in [1.54, 1.807) is 0 Å². The fourth-order valence-electron chi connectivity index (χ4n) is 3.55. The molecule has 0 aromatic heterocycles. The molecular weight excluding hydrogens is 319 g/mol. The monoisotopic (exact) mass is 340 g/mol. The van der Waals surface area contributed by atoms with Crippen molar-refractivity contribution in [2.45, 2.75) is 37.0 Å². The van der Waals surface area contributed by atoms with Crippen molar-refractivity contribution in [3.63, 3.8) is 0 Å². The van der Waals surface area contributed by atoms with Gasteiger partial charge in [0.2, 0.25) is 15.9 Å². The average Bonchev–Trinajstić information content (AvgIpc) is 2.70. The minimum Gasteiger partial charge on any atom is -0.356 e. The minimum atomic E-state index is -3.79. The summed E-state index contributed by atoms with van der Waals surface area (Å²) < 4.78 is 40.4. The van der Waals surface area contributed by atoms with E-state index in [0.29, 0.717) is 26.1 Å². The van der Waals surface area contributed by atoms with E-state index in [-0.39, 0.29) is 16.2 Å². The minimum absolute atomic E-state index is 0.0282. The molecule has 2 fully saturated rings. The summed E-state index contributed by atoms with van der Waals surface area (Å²) in [5.74, 6) is -0.639. The number of hydrogen-bond acceptors (Lipinski definition) is 3. The quantitative estimate of drug-likeness (QED) is 0.894. The largest absolute Gasteiger partial charge is 0.356 e. The highest BCUT2D eigenvalue weighted by atomic mass is 32.2. The number of halogens is 1. The Morgan fingerprint density at radius 3 is 2.48 bits per heavy atom. The lowest BCUT2D eigenvalue weighted by atomic mass is 9.73. The van der Waals surface area contributed by atoms with Gasteiger partial charge in [0.25, 0.3) is 0 Å². The molecule has 1 spiro atoms. The number of piperidine rings is 1. The number of nitrogens with one attached hydrogen (secondary N) is 1. The standard InChI is InChI=1S/C16H21FN2O3S/c17-13-3-1-2-4-14(13)23(21,22)19-11-8-16(9-12-19)6-5-15(20)18-10-7-16/h1-4H,5-12H2,(H,18,20). The van der Waals surface area contributed by atoms with Gasteiger partial charge in [-0.1, -0.05) is 12.1 Å². The van der Waals surface area contributed by atoms with Crippen LogP contribution in [-0.4, -0.2) is 38.3 Å². The lowest BCUT2D eigenvalue weighted by molar-refractivity contribution is -0.120. The Labute approximate surface area is 135 Å². The first-order valence-electron chi connectivity index (χ1n) is 7.94. The van der Waals surface area contributed by atoms with Crippen molar-refractivity contribution in [1.29, 1.82) is 0 Å². The van der Waals surface area contributed by atoms with Crippen molar-refractivity contribution in [3.05, 3.63) is 30.1 Å². The van der Waals surface area contributed by atoms with Gasteiger partial charge < -0.3 is 5.32 Å². The molecule has 2 aliphatic heterocycles. The van der Waals surface area contributed by atoms with E-state index in [0.717, 1.165) is 25.7 Å². The number of amides is 1. The predicted molar refractivity (Wildman–Crippen MR) is 83.7 cm³/mol. The maximum atomic E-state index is 13.8. The molecule has 0 saturated carbocycles. The second-order valence-corrected chi connectivity index (χ2v) is 8.34. The van der Waals surface area contributed by atoms with Crippen LogP contribution in [0.15, 0.2) is 29.2 Å². The molecule has 2 saturated heterocycles. The summed E-state index contributed by atoms with van der Waals surface area (Å²) in [7, 11) is -3.79. The van der Waals surface area contributed by atoms with Crippen molar-refractivity contribution in [1.82, 2.24) is 9.62 Å². The van der Waals surface area contributed by atoms with Crippen molar-refractivity contribution in [3.8, 4) is 0 Å². The van der Waals surface area contributed by atoms with Crippen LogP contribution in [0.5, 0.6) is 0 Å². The van der Waals surface area contributed by atoms with Gasteiger partial charge in [0.1, 0.15) is 10.7 Å². The molecule has 0 atom stereocenters. The third-order valence-electron chi connectivity index (χ3n) is 5.10. The molecule has 1 aromatic rings. The van der Waals surface area contributed by atoms with Gasteiger partial charge in [-0.15, -0.1) is 0 Å². The molecule has 5 nitrogen and oxygen atoms in total. The summed E-state index contributed by atoms with van der Waals surface area (Å²) in [5.41, 5.74) is 0.0282. The van der Waals surface area contributed by atoms with E-state index in [9.17, 15) is 17.6 Å². The number of carbonyl (C=O) groups is 1. The third-order valence-corrected chi connectivity index (χ3v) is 7.03. The van der Waals surface area contributed by atoms with Crippen molar-refractivity contribution < 1.29 is 17.6 Å². The topological polar surface area (TPSA) is 66.5 Å². The van der Waals surface area contributed by atoms with Gasteiger partial charge in [-0.3, -0.25) is 4.79 Å². The molecule has 1 amide bonds. The number of sulfonamides is 1. The summed E-state index contributed by atoms with van der Waals surface area (Å²) in [6.45, 7) is 1.41. The summed E-state index contributed by atoms with van der Waals surface area (Å²) in [5, 5.41) is 2.87. The van der Waals surface area contributed by atoms with E-state index >= 15 is 0 Å². The summed E-state index contributed by atoms with van der Waals surface area (Å²) in [4.78, 5) is 11.2. The zero-order chi connectivity index (χ0) is 16.5. The molecule has 7 heteroatoms. The average molecular weight is 340 g/mol. The molecule has 0 unspecified atom stereocenters. The van der Waals surface area contributed by atoms with Gasteiger partial charge in [0, 0.05) is 26.1 Å². The number of rotatable bonds is 2. The van der Waals surface area contributed by atoms with Crippen molar-refractivity contribution in [2.75, 3.05) is 19.6 Å². The molecule has 1 N–H and O–H groups in total. The Morgan fingerprint density at radius 1 is 1.09 bits per heavy atom. The van der Waals surface area contributed by atoms with Crippen molar-refractivity contribution >= 4 is 15.9 Å². The van der Waals surface area contributed by atoms with Gasteiger partial charge in [0.15, 0.2) is 0 Å². The van der Waals surface area contributed by atoms with Crippen molar-refractivity contribution in [2.24, 2.45) is 5.41 Å². The van der Waals surface area contributed by atoms with Crippen LogP contribution < -0.4 is 5.32 Å². The molecule has 0 bridgehead atoms. The first-order chi connectivity index (χ1) is 10.9. The highest BCUT2D eigenvalue weighted by Gasteiger charge is 2.39. The third kappa shape index (κ3) is 3.26. The second-order valence-electron chi connectivity index (χ2n) is 6.43. The Kier molecular flexibility index (Phi) is 4.42. The van der Waals surface area contributed by atoms with Crippen LogP contribution in [0.3, 0.4) is 0 Å². The highest BCUT2D eigenvalue weighted by molar-refractivity contribution is 7.89. The molecule has 0 radical (unpaired) electrons. The SMILES string of the molecule is O=C1CCC2(CCN1)CCN(S(=O)(=O)c1ccccc1F)CC2. The molecule has 2 heterocycles. The molecule has 2 aliphatic rings. The van der Waals surface area contributed by atoms with Crippen LogP contribution >= 0.6 is 0 Å². The highest BCUT2D eigenvalue weighted by Crippen LogP contribution is 2.41. The lowest BCUT2D eigenvalue weighted by Gasteiger charge is -2.40. The van der Waals surface area contributed by atoms with Crippen LogP contribution in [0, 0.1) is 11.2 Å². The molecule has 0 aliphatic carbocycles. The zero-order valence-corrected chi connectivity index (χ0v) is 13.7. The maximum Gasteiger partial charge on any atom is 0.245 e. The fourth-order valence-corrected chi connectivity index (χ4v) is 5.06. The van der Waals surface area contributed by atoms with E-state index in [2.05, 4.69) is 5.32 Å². The van der Waals surface area contributed by atoms with Crippen LogP contribution in [0.25, 0.3) is 0 Å². The maximum absolute atomic E-state index is 13.8. The molecule has 23 heavy (non-hydrogen) atoms. The number of carbonyl (C=O) groups excluding carboxylic acids is 1. The summed E-state index contributed by atoms with van der Waals surface area (Å²) in [6, 6.07) is 5.49. The van der Waals surface area contributed by atoms with Gasteiger partial charge in [-0.2, -0.15) is 4.31 Å². The summed E-state index contributed by atoms with van der Waals surface area (Å²) >= 11 is 0. The van der Waals surface area contributed by atoms with Gasteiger partial charge >= 0.3 is 0 Å².